The Balaban J connectivity index is 0.000000692. The van der Waals surface area contributed by atoms with Gasteiger partial charge in [-0.2, -0.15) is 10.1 Å². The number of methoxy groups -OCH3 is 4. The molecule has 0 spiro atoms. The van der Waals surface area contributed by atoms with E-state index in [-0.39, 0.29) is 64.7 Å². The predicted molar refractivity (Wildman–Crippen MR) is 474 cm³/mol. The van der Waals surface area contributed by atoms with Crippen LogP contribution in [0.4, 0.5) is 46.5 Å². The maximum absolute atomic E-state index is 11.6. The van der Waals surface area contributed by atoms with Crippen LogP contribution in [0.5, 0.6) is 23.4 Å². The van der Waals surface area contributed by atoms with Crippen molar-refractivity contribution in [3.63, 3.8) is 0 Å². The predicted octanol–water partition coefficient (Wildman–Crippen LogP) is 16.0. The van der Waals surface area contributed by atoms with Gasteiger partial charge in [0.25, 0.3) is 5.56 Å². The first-order chi connectivity index (χ1) is 57.6. The van der Waals surface area contributed by atoms with Crippen LogP contribution in [0.25, 0.3) is 0 Å². The van der Waals surface area contributed by atoms with E-state index >= 15 is 0 Å². The molecule has 0 radical (unpaired) electrons. The van der Waals surface area contributed by atoms with Crippen LogP contribution in [0.2, 0.25) is 0 Å². The molecule has 0 unspecified atom stereocenters. The van der Waals surface area contributed by atoms with Crippen molar-refractivity contribution in [2.24, 2.45) is 47.3 Å². The van der Waals surface area contributed by atoms with Crippen LogP contribution in [0, 0.1) is 47.3 Å². The van der Waals surface area contributed by atoms with Gasteiger partial charge in [-0.25, -0.2) is 24.9 Å². The molecule has 8 aromatic rings. The highest BCUT2D eigenvalue weighted by atomic mass is 16.5. The first kappa shape index (κ1) is 107. The Labute approximate surface area is 713 Å². The lowest BCUT2D eigenvalue weighted by Crippen LogP contribution is -2.17. The van der Waals surface area contributed by atoms with Crippen LogP contribution in [0.3, 0.4) is 0 Å². The lowest BCUT2D eigenvalue weighted by molar-refractivity contribution is -0.117. The summed E-state index contributed by atoms with van der Waals surface area (Å²) in [6.07, 6.45) is 27.0. The number of hydrogen-bond acceptors (Lipinski definition) is 25. The molecule has 0 aliphatic heterocycles. The largest absolute Gasteiger partial charge is 0.493 e. The Kier molecular flexibility index (Phi) is 56.9. The highest BCUT2D eigenvalue weighted by Crippen LogP contribution is 2.23. The van der Waals surface area contributed by atoms with E-state index in [9.17, 15) is 43.2 Å². The third kappa shape index (κ3) is 59.0. The summed E-state index contributed by atoms with van der Waals surface area (Å²) in [4.78, 5) is 136. The molecule has 0 saturated carbocycles. The fraction of sp³-hybridized carbons (Fsp3) is 0.506. The van der Waals surface area contributed by atoms with Crippen LogP contribution >= 0.6 is 0 Å². The SMILES string of the molecule is CC(C)CCC(=O)Nc1cccnn1.CC(C)CCC(=O)Nc1ccncc1.CC(C)CCC(=O)Nc1nccc(=O)[nH]1.CC(C)CCC(=O)Nc1ncccn1.COc1cc(NC(=O)CCC(C)C)ccn1.COc1ccc(NC(=O)CCC(C)C)nn1.COc1ccnc(NC(=O)CCC(C)C)n1.COc1cnccc1NC(=O)CCC(C)C. The summed E-state index contributed by atoms with van der Waals surface area (Å²) < 4.78 is 19.9. The molecule has 0 fully saturated rings. The molecule has 0 atom stereocenters. The molecule has 662 valence electrons. The zero-order valence-corrected chi connectivity index (χ0v) is 74.3. The quantitative estimate of drug-likeness (QED) is 0.0176. The minimum Gasteiger partial charge on any atom is -0.493 e. The first-order valence-electron chi connectivity index (χ1n) is 40.7. The molecule has 0 aliphatic carbocycles. The molecule has 34 heteroatoms. The third-order valence-corrected chi connectivity index (χ3v) is 15.9. The number of carbonyl (C=O) groups excluding carboxylic acids is 8. The Hall–Kier alpha value is -12.4. The average molecular weight is 1680 g/mol. The van der Waals surface area contributed by atoms with Crippen molar-refractivity contribution in [2.75, 3.05) is 71.0 Å². The number of pyridine rings is 3. The molecule has 34 nitrogen and oxygen atoms in total. The van der Waals surface area contributed by atoms with Crippen molar-refractivity contribution in [3.05, 3.63) is 145 Å². The number of carbonyl (C=O) groups is 8. The summed E-state index contributed by atoms with van der Waals surface area (Å²) in [5, 5.41) is 36.6. The van der Waals surface area contributed by atoms with E-state index < -0.39 is 0 Å². The second-order valence-electron chi connectivity index (χ2n) is 30.6. The fourth-order valence-electron chi connectivity index (χ4n) is 8.85. The number of amides is 8. The number of nitrogens with zero attached hydrogens (tertiary/aromatic N) is 12. The van der Waals surface area contributed by atoms with E-state index in [1.54, 1.807) is 137 Å². The van der Waals surface area contributed by atoms with Crippen LogP contribution in [-0.4, -0.2) is 141 Å². The third-order valence-electron chi connectivity index (χ3n) is 15.9. The zero-order chi connectivity index (χ0) is 90.3. The van der Waals surface area contributed by atoms with Gasteiger partial charge in [-0.05, 0) is 147 Å². The van der Waals surface area contributed by atoms with Crippen molar-refractivity contribution in [2.45, 2.75) is 214 Å². The van der Waals surface area contributed by atoms with Gasteiger partial charge in [-0.3, -0.25) is 74.1 Å². The molecule has 8 amide bonds. The van der Waals surface area contributed by atoms with Crippen molar-refractivity contribution in [1.82, 2.24) is 65.3 Å². The normalized spacial score (nSPS) is 10.2. The highest BCUT2D eigenvalue weighted by Gasteiger charge is 2.13. The molecule has 0 bridgehead atoms. The number of rotatable bonds is 36. The molecule has 0 aliphatic rings. The second kappa shape index (κ2) is 64.6. The molecule has 0 saturated heterocycles. The maximum Gasteiger partial charge on any atom is 0.252 e. The minimum atomic E-state index is -0.274. The summed E-state index contributed by atoms with van der Waals surface area (Å²) in [7, 11) is 6.14. The highest BCUT2D eigenvalue weighted by molar-refractivity contribution is 5.94. The first-order valence-corrected chi connectivity index (χ1v) is 40.7. The van der Waals surface area contributed by atoms with Crippen LogP contribution in [0.15, 0.2) is 140 Å². The average Bonchev–Trinajstić information content (AvgIpc) is 0.890. The van der Waals surface area contributed by atoms with E-state index in [4.69, 9.17) is 18.9 Å². The number of nitrogens with one attached hydrogen (secondary N) is 9. The van der Waals surface area contributed by atoms with E-state index in [0.29, 0.717) is 145 Å². The molecule has 8 rings (SSSR count). The van der Waals surface area contributed by atoms with Gasteiger partial charge in [0.2, 0.25) is 82.7 Å². The number of aromatic nitrogens is 13. The van der Waals surface area contributed by atoms with E-state index in [1.807, 2.05) is 0 Å². The van der Waals surface area contributed by atoms with Gasteiger partial charge < -0.3 is 45.5 Å². The van der Waals surface area contributed by atoms with Crippen molar-refractivity contribution in [1.29, 1.82) is 0 Å². The molecule has 9 N–H and O–H groups in total. The summed E-state index contributed by atoms with van der Waals surface area (Å²) in [5.41, 5.74) is 1.93. The van der Waals surface area contributed by atoms with Crippen molar-refractivity contribution in [3.8, 4) is 23.4 Å². The monoisotopic (exact) mass is 1680 g/mol. The van der Waals surface area contributed by atoms with Crippen molar-refractivity contribution >= 4 is 93.8 Å². The second-order valence-corrected chi connectivity index (χ2v) is 30.6. The zero-order valence-electron chi connectivity index (χ0n) is 74.3. The van der Waals surface area contributed by atoms with E-state index in [0.717, 1.165) is 62.7 Å². The lowest BCUT2D eigenvalue weighted by atomic mass is 10.1. The molecule has 8 heterocycles. The van der Waals surface area contributed by atoms with E-state index in [1.165, 1.54) is 26.5 Å². The standard InChI is InChI=1S/2C12H18N2O2.2C11H17N3O2.C11H16N2O.C10H15N3O2.2C10H15N3O/c1-9(2)4-5-12(15)14-10-6-7-13-8-11(10)16-3;1-9(2)4-5-11(15)14-10-6-7-13-12(8-10)16-3;1-8(2)4-6-10(15)12-9-5-7-11(16-3)14-13-9;1-8(2)4-5-9(15)13-11-12-7-6-10(14-11)16-3;1-9(2)3-4-11(14)13-10-5-7-12-8-6-10;1-7(2)3-4-8(14)12-10-11-6-5-9(15)13-10;1-8(2)4-5-9(14)13-10-11-6-3-7-12-10;1-8(2)5-6-10(14)12-9-4-3-7-11-13-9/h2*6-9H,4-5H2,1-3H3,(H,13,14,15);5,7-8H,4,6H2,1-3H3,(H,12,13,15);6-8H,4-5H2,1-3H3,(H,12,13,14,15);5-9H,3-4H2,1-2H3,(H,12,13,14);5-7H,3-4H2,1-2H3,(H2,11,12,13,14,15);3,6-8H,4-5H2,1-2H3,(H,11,12,13,14);3-4,7-8H,5-6H2,1-2H3,(H,12,13,14). The lowest BCUT2D eigenvalue weighted by Gasteiger charge is -2.09. The molecular formula is C87H131N21O13. The Bertz CT molecular complexity index is 4020. The van der Waals surface area contributed by atoms with Crippen molar-refractivity contribution < 1.29 is 57.3 Å². The Morgan fingerprint density at radius 3 is 1.17 bits per heavy atom. The maximum atomic E-state index is 11.6. The van der Waals surface area contributed by atoms with E-state index in [2.05, 4.69) is 219 Å². The molecule has 0 aromatic carbocycles. The number of hydrogen-bond donors (Lipinski definition) is 9. The van der Waals surface area contributed by atoms with Gasteiger partial charge in [0, 0.05) is 143 Å². The van der Waals surface area contributed by atoms with Crippen LogP contribution < -0.4 is 67.0 Å². The minimum absolute atomic E-state index is 0.000741. The van der Waals surface area contributed by atoms with Gasteiger partial charge in [0.1, 0.15) is 0 Å². The smallest absolute Gasteiger partial charge is 0.252 e. The summed E-state index contributed by atoms with van der Waals surface area (Å²) >= 11 is 0. The van der Waals surface area contributed by atoms with Gasteiger partial charge >= 0.3 is 0 Å². The number of anilines is 8. The molecule has 8 aromatic heterocycles. The number of aromatic amines is 1. The number of H-pyrrole nitrogens is 1. The van der Waals surface area contributed by atoms with Gasteiger partial charge in [0.05, 0.1) is 40.3 Å². The summed E-state index contributed by atoms with van der Waals surface area (Å²) in [6.45, 7) is 33.4. The van der Waals surface area contributed by atoms with Gasteiger partial charge in [-0.1, -0.05) is 111 Å². The Morgan fingerprint density at radius 1 is 0.331 bits per heavy atom. The fourth-order valence-corrected chi connectivity index (χ4v) is 8.85. The van der Waals surface area contributed by atoms with Gasteiger partial charge in [0.15, 0.2) is 17.4 Å². The summed E-state index contributed by atoms with van der Waals surface area (Å²) in [6, 6.07) is 20.2. The molecular weight excluding hydrogens is 1550 g/mol. The Morgan fingerprint density at radius 2 is 0.736 bits per heavy atom. The molecule has 121 heavy (non-hydrogen) atoms. The van der Waals surface area contributed by atoms with Crippen LogP contribution in [0.1, 0.15) is 214 Å². The van der Waals surface area contributed by atoms with Gasteiger partial charge in [-0.15, -0.1) is 15.3 Å². The topological polar surface area (TPSA) is 457 Å². The summed E-state index contributed by atoms with van der Waals surface area (Å²) in [5.74, 6) is 7.89. The van der Waals surface area contributed by atoms with Crippen LogP contribution in [-0.2, 0) is 38.4 Å². The number of ether oxygens (including phenoxy) is 4.